The van der Waals surface area contributed by atoms with Crippen molar-refractivity contribution >= 4 is 35.0 Å². The summed E-state index contributed by atoms with van der Waals surface area (Å²) in [5.41, 5.74) is 5.27. The average Bonchev–Trinajstić information content (AvgIpc) is 2.61. The van der Waals surface area contributed by atoms with Crippen molar-refractivity contribution in [3.8, 4) is 5.75 Å². The fraction of sp³-hybridized carbons (Fsp3) is 0.222. The Morgan fingerprint density at radius 1 is 1.21 bits per heavy atom. The van der Waals surface area contributed by atoms with E-state index < -0.39 is 0 Å². The molecule has 2 aromatic carbocycles. The molecule has 0 atom stereocenters. The monoisotopic (exact) mass is 362 g/mol. The van der Waals surface area contributed by atoms with Gasteiger partial charge in [-0.2, -0.15) is 5.10 Å². The number of benzene rings is 2. The fourth-order valence-electron chi connectivity index (χ4n) is 1.94. The van der Waals surface area contributed by atoms with Crippen LogP contribution in [0.1, 0.15) is 18.1 Å². The molecule has 0 aromatic heterocycles. The minimum absolute atomic E-state index is 0.139. The van der Waals surface area contributed by atoms with Crippen LogP contribution in [0.3, 0.4) is 0 Å². The van der Waals surface area contributed by atoms with E-state index in [0.29, 0.717) is 11.5 Å². The summed E-state index contributed by atoms with van der Waals surface area (Å²) >= 11 is 7.59. The normalized spacial score (nSPS) is 11.2. The van der Waals surface area contributed by atoms with E-state index in [0.717, 1.165) is 27.6 Å². The first-order valence-electron chi connectivity index (χ1n) is 7.39. The summed E-state index contributed by atoms with van der Waals surface area (Å²) in [6, 6.07) is 15.1. The van der Waals surface area contributed by atoms with Crippen molar-refractivity contribution in [1.29, 1.82) is 0 Å². The number of hydrogen-bond donors (Lipinski definition) is 1. The summed E-state index contributed by atoms with van der Waals surface area (Å²) in [6.07, 6.45) is 0. The first-order chi connectivity index (χ1) is 11.6. The molecule has 0 unspecified atom stereocenters. The number of halogens is 1. The van der Waals surface area contributed by atoms with Crippen molar-refractivity contribution in [2.75, 3.05) is 12.9 Å². The molecule has 0 heterocycles. The van der Waals surface area contributed by atoms with Crippen LogP contribution in [-0.2, 0) is 10.5 Å². The van der Waals surface area contributed by atoms with Gasteiger partial charge in [-0.25, -0.2) is 5.43 Å². The van der Waals surface area contributed by atoms with E-state index in [9.17, 15) is 4.79 Å². The third-order valence-electron chi connectivity index (χ3n) is 3.30. The lowest BCUT2D eigenvalue weighted by atomic mass is 10.1. The number of ether oxygens (including phenoxy) is 1. The van der Waals surface area contributed by atoms with E-state index in [4.69, 9.17) is 16.3 Å². The van der Waals surface area contributed by atoms with E-state index in [2.05, 4.69) is 10.5 Å². The van der Waals surface area contributed by atoms with E-state index in [1.807, 2.05) is 55.5 Å². The Hall–Kier alpha value is -1.98. The van der Waals surface area contributed by atoms with Gasteiger partial charge in [0.05, 0.1) is 18.6 Å². The van der Waals surface area contributed by atoms with E-state index >= 15 is 0 Å². The lowest BCUT2D eigenvalue weighted by molar-refractivity contribution is -0.118. The number of nitrogens with one attached hydrogen (secondary N) is 1. The van der Waals surface area contributed by atoms with Crippen LogP contribution in [0.2, 0.25) is 5.02 Å². The van der Waals surface area contributed by atoms with Gasteiger partial charge in [0.1, 0.15) is 5.75 Å². The molecule has 0 aliphatic heterocycles. The number of hydrazone groups is 1. The topological polar surface area (TPSA) is 50.7 Å². The second kappa shape index (κ2) is 9.35. The second-order valence-electron chi connectivity index (χ2n) is 5.04. The van der Waals surface area contributed by atoms with E-state index in [1.54, 1.807) is 7.11 Å². The zero-order chi connectivity index (χ0) is 17.4. The predicted octanol–water partition coefficient (Wildman–Crippen LogP) is 4.12. The molecular formula is C18H19ClN2O2S. The van der Waals surface area contributed by atoms with Gasteiger partial charge < -0.3 is 4.74 Å². The summed E-state index contributed by atoms with van der Waals surface area (Å²) in [7, 11) is 1.62. The first kappa shape index (κ1) is 18.4. The van der Waals surface area contributed by atoms with Gasteiger partial charge in [0.2, 0.25) is 5.91 Å². The number of thioether (sulfide) groups is 1. The third-order valence-corrected chi connectivity index (χ3v) is 4.65. The molecule has 0 radical (unpaired) electrons. The van der Waals surface area contributed by atoms with E-state index in [1.165, 1.54) is 11.8 Å². The Balaban J connectivity index is 1.80. The molecule has 0 aliphatic rings. The number of carbonyl (C=O) groups excluding carboxylic acids is 1. The van der Waals surface area contributed by atoms with Crippen LogP contribution in [0.5, 0.6) is 5.75 Å². The second-order valence-corrected chi connectivity index (χ2v) is 6.44. The Labute approximate surface area is 151 Å². The highest BCUT2D eigenvalue weighted by atomic mass is 35.5. The first-order valence-corrected chi connectivity index (χ1v) is 8.92. The molecule has 0 saturated carbocycles. The molecule has 0 bridgehead atoms. The van der Waals surface area contributed by atoms with Crippen LogP contribution in [-0.4, -0.2) is 24.5 Å². The van der Waals surface area contributed by atoms with Crippen molar-refractivity contribution in [2.24, 2.45) is 5.10 Å². The zero-order valence-corrected chi connectivity index (χ0v) is 15.2. The predicted molar refractivity (Wildman–Crippen MR) is 101 cm³/mol. The Kier molecular flexibility index (Phi) is 7.15. The van der Waals surface area contributed by atoms with Crippen molar-refractivity contribution in [1.82, 2.24) is 5.43 Å². The van der Waals surface area contributed by atoms with Crippen molar-refractivity contribution in [2.45, 2.75) is 12.7 Å². The number of amides is 1. The summed E-state index contributed by atoms with van der Waals surface area (Å²) in [5.74, 6) is 1.66. The lowest BCUT2D eigenvalue weighted by Crippen LogP contribution is -2.21. The summed E-state index contributed by atoms with van der Waals surface area (Å²) in [6.45, 7) is 1.85. The van der Waals surface area contributed by atoms with Crippen LogP contribution in [0.15, 0.2) is 53.6 Å². The van der Waals surface area contributed by atoms with Gasteiger partial charge in [-0.3, -0.25) is 4.79 Å². The van der Waals surface area contributed by atoms with Crippen LogP contribution in [0.4, 0.5) is 0 Å². The number of rotatable bonds is 7. The maximum absolute atomic E-state index is 11.9. The standard InChI is InChI=1S/C18H19ClN2O2S/c1-13(14-7-9-16(23-2)10-8-14)20-21-18(22)12-24-11-15-5-3-4-6-17(15)19/h3-10H,11-12H2,1-2H3,(H,21,22)/b20-13-. The molecule has 0 fully saturated rings. The molecule has 2 aromatic rings. The molecule has 24 heavy (non-hydrogen) atoms. The zero-order valence-electron chi connectivity index (χ0n) is 13.6. The summed E-state index contributed by atoms with van der Waals surface area (Å²) in [5, 5.41) is 4.85. The van der Waals surface area contributed by atoms with Gasteiger partial charge >= 0.3 is 0 Å². The maximum Gasteiger partial charge on any atom is 0.250 e. The van der Waals surface area contributed by atoms with Crippen LogP contribution in [0.25, 0.3) is 0 Å². The van der Waals surface area contributed by atoms with E-state index in [-0.39, 0.29) is 5.91 Å². The van der Waals surface area contributed by atoms with Crippen molar-refractivity contribution < 1.29 is 9.53 Å². The Bertz CT molecular complexity index is 717. The van der Waals surface area contributed by atoms with Gasteiger partial charge in [-0.15, -0.1) is 11.8 Å². The van der Waals surface area contributed by atoms with Crippen molar-refractivity contribution in [3.63, 3.8) is 0 Å². The molecular weight excluding hydrogens is 344 g/mol. The highest BCUT2D eigenvalue weighted by Crippen LogP contribution is 2.20. The quantitative estimate of drug-likeness (QED) is 0.595. The van der Waals surface area contributed by atoms with Gasteiger partial charge in [0.15, 0.2) is 0 Å². The molecule has 6 heteroatoms. The lowest BCUT2D eigenvalue weighted by Gasteiger charge is -2.05. The number of methoxy groups -OCH3 is 1. The molecule has 0 aliphatic carbocycles. The minimum atomic E-state index is -0.139. The molecule has 126 valence electrons. The SMILES string of the molecule is COc1ccc(/C(C)=N\NC(=O)CSCc2ccccc2Cl)cc1. The maximum atomic E-state index is 11.9. The van der Waals surface area contributed by atoms with Gasteiger partial charge in [-0.1, -0.05) is 29.8 Å². The smallest absolute Gasteiger partial charge is 0.250 e. The van der Waals surface area contributed by atoms with Gasteiger partial charge in [0.25, 0.3) is 0 Å². The third kappa shape index (κ3) is 5.58. The average molecular weight is 363 g/mol. The number of carbonyl (C=O) groups is 1. The highest BCUT2D eigenvalue weighted by molar-refractivity contribution is 7.99. The molecule has 0 spiro atoms. The van der Waals surface area contributed by atoms with Gasteiger partial charge in [-0.05, 0) is 48.4 Å². The molecule has 0 saturated heterocycles. The van der Waals surface area contributed by atoms with Crippen molar-refractivity contribution in [3.05, 3.63) is 64.7 Å². The summed E-state index contributed by atoms with van der Waals surface area (Å²) in [4.78, 5) is 11.9. The summed E-state index contributed by atoms with van der Waals surface area (Å²) < 4.78 is 5.11. The van der Waals surface area contributed by atoms with Crippen LogP contribution in [0, 0.1) is 0 Å². The fourth-order valence-corrected chi connectivity index (χ4v) is 3.05. The highest BCUT2D eigenvalue weighted by Gasteiger charge is 2.04. The Morgan fingerprint density at radius 2 is 1.92 bits per heavy atom. The van der Waals surface area contributed by atoms with Crippen LogP contribution < -0.4 is 10.2 Å². The molecule has 1 amide bonds. The molecule has 1 N–H and O–H groups in total. The number of nitrogens with zero attached hydrogens (tertiary/aromatic N) is 1. The van der Waals surface area contributed by atoms with Gasteiger partial charge in [0, 0.05) is 10.8 Å². The molecule has 4 nitrogen and oxygen atoms in total. The molecule has 2 rings (SSSR count). The Morgan fingerprint density at radius 3 is 2.58 bits per heavy atom. The minimum Gasteiger partial charge on any atom is -0.497 e. The largest absolute Gasteiger partial charge is 0.497 e. The number of hydrogen-bond acceptors (Lipinski definition) is 4. The van der Waals surface area contributed by atoms with Crippen LogP contribution >= 0.6 is 23.4 Å².